The number of piperidine rings is 1. The van der Waals surface area contributed by atoms with E-state index in [4.69, 9.17) is 18.6 Å². The molecule has 2 aliphatic rings. The molecular formula is C53H51N7O11. The number of anilines is 2. The molecule has 2 aliphatic heterocycles. The van der Waals surface area contributed by atoms with Crippen molar-refractivity contribution in [3.05, 3.63) is 174 Å². The van der Waals surface area contributed by atoms with Crippen LogP contribution in [-0.2, 0) is 33.4 Å². The van der Waals surface area contributed by atoms with Crippen LogP contribution in [0.3, 0.4) is 0 Å². The lowest BCUT2D eigenvalue weighted by atomic mass is 10.0. The summed E-state index contributed by atoms with van der Waals surface area (Å²) in [5.74, 6) is -4.00. The van der Waals surface area contributed by atoms with Crippen LogP contribution >= 0.6 is 0 Å². The number of aromatic nitrogens is 1. The van der Waals surface area contributed by atoms with Crippen LogP contribution in [0.5, 0.6) is 0 Å². The Hall–Kier alpha value is -8.32. The summed E-state index contributed by atoms with van der Waals surface area (Å²) < 4.78 is 22.5. The van der Waals surface area contributed by atoms with Gasteiger partial charge in [-0.15, -0.1) is 0 Å². The highest BCUT2D eigenvalue weighted by Gasteiger charge is 2.45. The number of nitrogens with zero attached hydrogens (tertiary/aromatic N) is 3. The van der Waals surface area contributed by atoms with Crippen molar-refractivity contribution in [3.8, 4) is 11.1 Å². The normalized spacial score (nSPS) is 15.1. The van der Waals surface area contributed by atoms with E-state index in [1.807, 2.05) is 42.5 Å². The standard InChI is InChI=1S/C53H51N7O11/c61-44-23-22-42(48(62)57-44)60-51(65)40-15-7-16-41(45(40)53(60)67)55-25-28-68-30-32-70-33-31-69-29-26-56-49(63)46(37-12-5-2-6-13-37)58-50(64)47(38-14-8-24-54-34-38)59(52(66)43-17-9-27-71-43)39-20-18-36(19-21-39)35-10-3-1-4-11-35/h1-21,24,27,34,42,46-47,55H,22-23,25-26,28-33H2,(H,56,63)(H,58,64)(H,57,61,62)/t42?,46-,47+/m0/s1. The number of hydrogen-bond donors (Lipinski definition) is 4. The zero-order chi connectivity index (χ0) is 49.5. The fourth-order valence-electron chi connectivity index (χ4n) is 8.28. The van der Waals surface area contributed by atoms with Gasteiger partial charge in [-0.1, -0.05) is 84.9 Å². The summed E-state index contributed by atoms with van der Waals surface area (Å²) in [7, 11) is 0. The Labute approximate surface area is 408 Å². The van der Waals surface area contributed by atoms with Gasteiger partial charge in [0.15, 0.2) is 5.76 Å². The van der Waals surface area contributed by atoms with E-state index >= 15 is 0 Å². The van der Waals surface area contributed by atoms with Crippen LogP contribution in [0, 0.1) is 0 Å². The highest BCUT2D eigenvalue weighted by atomic mass is 16.5. The van der Waals surface area contributed by atoms with Crippen molar-refractivity contribution in [1.82, 2.24) is 25.8 Å². The van der Waals surface area contributed by atoms with Crippen molar-refractivity contribution in [2.75, 3.05) is 62.9 Å². The zero-order valence-corrected chi connectivity index (χ0v) is 38.5. The molecule has 0 radical (unpaired) electrons. The number of imide groups is 2. The predicted octanol–water partition coefficient (Wildman–Crippen LogP) is 5.27. The summed E-state index contributed by atoms with van der Waals surface area (Å²) in [4.78, 5) is 100.0. The average Bonchev–Trinajstić information content (AvgIpc) is 4.03. The number of pyridine rings is 1. The second kappa shape index (κ2) is 23.8. The SMILES string of the molecule is O=C1CCC(N2C(=O)c3cccc(NCCOCCOCCOCCNC(=O)[C@@H](NC(=O)[C@@H](c4cccnc4)N(C(=O)c4ccco4)c4ccc(-c5ccccc5)cc4)c4ccccc4)c3C2=O)C(=O)N1. The van der Waals surface area contributed by atoms with Crippen molar-refractivity contribution < 1.29 is 52.2 Å². The highest BCUT2D eigenvalue weighted by molar-refractivity contribution is 6.25. The molecule has 4 aromatic carbocycles. The van der Waals surface area contributed by atoms with E-state index in [0.717, 1.165) is 16.0 Å². The molecule has 18 heteroatoms. The van der Waals surface area contributed by atoms with Gasteiger partial charge in [0.2, 0.25) is 23.6 Å². The average molecular weight is 962 g/mol. The number of amides is 7. The molecular weight excluding hydrogens is 911 g/mol. The van der Waals surface area contributed by atoms with Crippen LogP contribution in [-0.4, -0.2) is 110 Å². The van der Waals surface area contributed by atoms with E-state index in [1.54, 1.807) is 79.0 Å². The molecule has 4 heterocycles. The molecule has 18 nitrogen and oxygen atoms in total. The van der Waals surface area contributed by atoms with E-state index in [1.165, 1.54) is 29.5 Å². The minimum absolute atomic E-state index is 0.0103. The Morgan fingerprint density at radius 1 is 0.704 bits per heavy atom. The van der Waals surface area contributed by atoms with E-state index < -0.39 is 59.5 Å². The number of furan rings is 1. The molecule has 6 aromatic rings. The molecule has 4 N–H and O–H groups in total. The molecule has 0 saturated carbocycles. The van der Waals surface area contributed by atoms with Gasteiger partial charge < -0.3 is 34.6 Å². The molecule has 0 bridgehead atoms. The molecule has 2 aromatic heterocycles. The summed E-state index contributed by atoms with van der Waals surface area (Å²) >= 11 is 0. The fourth-order valence-corrected chi connectivity index (χ4v) is 8.28. The van der Waals surface area contributed by atoms with Crippen molar-refractivity contribution in [2.24, 2.45) is 0 Å². The quantitative estimate of drug-likeness (QED) is 0.0475. The van der Waals surface area contributed by atoms with Crippen molar-refractivity contribution in [1.29, 1.82) is 0 Å². The largest absolute Gasteiger partial charge is 0.459 e. The van der Waals surface area contributed by atoms with E-state index in [9.17, 15) is 33.6 Å². The summed E-state index contributed by atoms with van der Waals surface area (Å²) in [6.07, 6.45) is 4.56. The van der Waals surface area contributed by atoms with Crippen LogP contribution in [0.4, 0.5) is 11.4 Å². The van der Waals surface area contributed by atoms with Crippen LogP contribution in [0.1, 0.15) is 67.3 Å². The smallest absolute Gasteiger partial charge is 0.294 e. The number of nitrogens with one attached hydrogen (secondary N) is 4. The lowest BCUT2D eigenvalue weighted by molar-refractivity contribution is -0.136. The molecule has 7 amide bonds. The van der Waals surface area contributed by atoms with E-state index in [2.05, 4.69) is 26.3 Å². The van der Waals surface area contributed by atoms with Crippen LogP contribution < -0.4 is 26.2 Å². The minimum Gasteiger partial charge on any atom is -0.459 e. The van der Waals surface area contributed by atoms with Gasteiger partial charge in [-0.2, -0.15) is 0 Å². The second-order valence-corrected chi connectivity index (χ2v) is 16.3. The third-order valence-corrected chi connectivity index (χ3v) is 11.7. The highest BCUT2D eigenvalue weighted by Crippen LogP contribution is 2.34. The van der Waals surface area contributed by atoms with Gasteiger partial charge in [-0.3, -0.25) is 53.7 Å². The number of carbonyl (C=O) groups excluding carboxylic acids is 7. The first-order valence-corrected chi connectivity index (χ1v) is 23.1. The van der Waals surface area contributed by atoms with Gasteiger partial charge in [0.05, 0.1) is 57.0 Å². The molecule has 71 heavy (non-hydrogen) atoms. The van der Waals surface area contributed by atoms with Gasteiger partial charge in [-0.05, 0) is 65.6 Å². The number of carbonyl (C=O) groups is 7. The summed E-state index contributed by atoms with van der Waals surface area (Å²) in [5, 5.41) is 11.1. The lowest BCUT2D eigenvalue weighted by Gasteiger charge is -2.32. The maximum Gasteiger partial charge on any atom is 0.294 e. The first-order valence-electron chi connectivity index (χ1n) is 23.1. The zero-order valence-electron chi connectivity index (χ0n) is 38.5. The Balaban J connectivity index is 0.803. The fraction of sp³-hybridized carbons (Fsp3) is 0.245. The summed E-state index contributed by atoms with van der Waals surface area (Å²) in [5.41, 5.74) is 3.99. The molecule has 364 valence electrons. The van der Waals surface area contributed by atoms with Crippen LogP contribution in [0.25, 0.3) is 11.1 Å². The first kappa shape index (κ1) is 49.1. The van der Waals surface area contributed by atoms with Gasteiger partial charge in [0, 0.05) is 48.8 Å². The maximum atomic E-state index is 14.7. The van der Waals surface area contributed by atoms with Crippen LogP contribution in [0.2, 0.25) is 0 Å². The Kier molecular flexibility index (Phi) is 16.5. The molecule has 1 fully saturated rings. The van der Waals surface area contributed by atoms with E-state index in [-0.39, 0.29) is 75.9 Å². The molecule has 3 atom stereocenters. The summed E-state index contributed by atoms with van der Waals surface area (Å²) in [6, 6.07) is 33.6. The number of benzene rings is 4. The molecule has 0 spiro atoms. The first-order chi connectivity index (χ1) is 34.7. The molecule has 1 unspecified atom stereocenters. The topological polar surface area (TPSA) is 228 Å². The number of hydrogen-bond acceptors (Lipinski definition) is 13. The third kappa shape index (κ3) is 11.9. The number of ether oxygens (including phenoxy) is 3. The van der Waals surface area contributed by atoms with Crippen LogP contribution in [0.15, 0.2) is 150 Å². The van der Waals surface area contributed by atoms with Gasteiger partial charge in [0.25, 0.3) is 17.7 Å². The Bertz CT molecular complexity index is 2810. The maximum absolute atomic E-state index is 14.7. The summed E-state index contributed by atoms with van der Waals surface area (Å²) in [6.45, 7) is 1.89. The van der Waals surface area contributed by atoms with Crippen molar-refractivity contribution in [3.63, 3.8) is 0 Å². The van der Waals surface area contributed by atoms with Crippen molar-refractivity contribution in [2.45, 2.75) is 31.0 Å². The molecule has 1 saturated heterocycles. The van der Waals surface area contributed by atoms with Crippen molar-refractivity contribution >= 4 is 52.7 Å². The Morgan fingerprint density at radius 2 is 1.38 bits per heavy atom. The monoisotopic (exact) mass is 961 g/mol. The number of rotatable bonds is 23. The van der Waals surface area contributed by atoms with Gasteiger partial charge in [0.1, 0.15) is 18.1 Å². The van der Waals surface area contributed by atoms with E-state index in [0.29, 0.717) is 29.0 Å². The molecule has 0 aliphatic carbocycles. The molecule has 8 rings (SSSR count). The van der Waals surface area contributed by atoms with Gasteiger partial charge in [-0.25, -0.2) is 0 Å². The second-order valence-electron chi connectivity index (χ2n) is 16.3. The Morgan fingerprint density at radius 3 is 2.06 bits per heavy atom. The van der Waals surface area contributed by atoms with Gasteiger partial charge >= 0.3 is 0 Å². The predicted molar refractivity (Wildman–Crippen MR) is 259 cm³/mol. The third-order valence-electron chi connectivity index (χ3n) is 11.7. The number of fused-ring (bicyclic) bond motifs is 1. The minimum atomic E-state index is -1.29. The lowest BCUT2D eigenvalue weighted by Crippen LogP contribution is -2.54.